The van der Waals surface area contributed by atoms with Crippen molar-refractivity contribution in [3.63, 3.8) is 0 Å². The first kappa shape index (κ1) is 10.9. The molecule has 0 spiro atoms. The molecule has 0 aliphatic carbocycles. The number of amides is 1. The van der Waals surface area contributed by atoms with E-state index in [1.807, 2.05) is 0 Å². The molecule has 0 aromatic rings. The molecule has 5 nitrogen and oxygen atoms in total. The van der Waals surface area contributed by atoms with Crippen LogP contribution in [0, 0.1) is 11.8 Å². The van der Waals surface area contributed by atoms with E-state index in [-0.39, 0.29) is 0 Å². The van der Waals surface area contributed by atoms with Crippen LogP contribution in [0.15, 0.2) is 0 Å². The number of hydrogen-bond acceptors (Lipinski definition) is 4. The Labute approximate surface area is 70.8 Å². The Balaban J connectivity index is 4.21. The average molecular weight is 191 g/mol. The second kappa shape index (κ2) is 4.74. The number of nitrogens with one attached hydrogen (secondary N) is 1. The summed E-state index contributed by atoms with van der Waals surface area (Å²) in [6.07, 6.45) is 0. The van der Waals surface area contributed by atoms with Gasteiger partial charge in [-0.05, 0) is 6.92 Å². The Hall–Kier alpha value is -1.06. The molecule has 0 saturated carbocycles. The monoisotopic (exact) mass is 191 g/mol. The van der Waals surface area contributed by atoms with Crippen molar-refractivity contribution < 1.29 is 18.3 Å². The van der Waals surface area contributed by atoms with E-state index in [4.69, 9.17) is 5.11 Å². The SMILES string of the molecule is CC#CCS(=O)(=O)NC(=O)CO. The van der Waals surface area contributed by atoms with Crippen LogP contribution in [0.3, 0.4) is 0 Å². The Kier molecular flexibility index (Phi) is 4.33. The maximum absolute atomic E-state index is 10.8. The van der Waals surface area contributed by atoms with E-state index in [1.165, 1.54) is 6.92 Å². The summed E-state index contributed by atoms with van der Waals surface area (Å²) in [6.45, 7) is 0.641. The summed E-state index contributed by atoms with van der Waals surface area (Å²) in [7, 11) is -3.69. The first-order valence-electron chi connectivity index (χ1n) is 3.05. The van der Waals surface area contributed by atoms with Crippen molar-refractivity contribution >= 4 is 15.9 Å². The van der Waals surface area contributed by atoms with Gasteiger partial charge in [0.25, 0.3) is 5.91 Å². The van der Waals surface area contributed by atoms with Crippen molar-refractivity contribution in [3.8, 4) is 11.8 Å². The lowest BCUT2D eigenvalue weighted by Gasteiger charge is -1.99. The van der Waals surface area contributed by atoms with E-state index in [2.05, 4.69) is 11.8 Å². The van der Waals surface area contributed by atoms with Crippen molar-refractivity contribution in [1.29, 1.82) is 0 Å². The summed E-state index contributed by atoms with van der Waals surface area (Å²) in [5.74, 6) is 3.27. The smallest absolute Gasteiger partial charge is 0.259 e. The quantitative estimate of drug-likeness (QED) is 0.529. The number of carbonyl (C=O) groups excluding carboxylic acids is 1. The van der Waals surface area contributed by atoms with Gasteiger partial charge in [-0.2, -0.15) is 0 Å². The molecule has 0 aliphatic heterocycles. The molecule has 0 atom stereocenters. The highest BCUT2D eigenvalue weighted by Gasteiger charge is 2.11. The van der Waals surface area contributed by atoms with Crippen LogP contribution in [-0.4, -0.2) is 31.8 Å². The standard InChI is InChI=1S/C6H9NO4S/c1-2-3-4-12(10,11)7-6(9)5-8/h8H,4-5H2,1H3,(H,7,9). The van der Waals surface area contributed by atoms with Crippen molar-refractivity contribution in [2.75, 3.05) is 12.4 Å². The second-order valence-corrected chi connectivity index (χ2v) is 3.59. The molecular formula is C6H9NO4S. The molecule has 0 unspecified atom stereocenters. The zero-order valence-corrected chi connectivity index (χ0v) is 7.31. The lowest BCUT2D eigenvalue weighted by atomic mass is 10.7. The normalized spacial score (nSPS) is 9.83. The van der Waals surface area contributed by atoms with Crippen molar-refractivity contribution in [3.05, 3.63) is 0 Å². The minimum atomic E-state index is -3.69. The van der Waals surface area contributed by atoms with Crippen molar-refractivity contribution in [2.24, 2.45) is 0 Å². The van der Waals surface area contributed by atoms with E-state index < -0.39 is 28.3 Å². The molecule has 1 amide bonds. The first-order valence-corrected chi connectivity index (χ1v) is 4.71. The Morgan fingerprint density at radius 1 is 1.58 bits per heavy atom. The summed E-state index contributed by atoms with van der Waals surface area (Å²) in [5.41, 5.74) is 0. The lowest BCUT2D eigenvalue weighted by molar-refractivity contribution is -0.122. The number of aliphatic hydroxyl groups excluding tert-OH is 1. The summed E-state index contributed by atoms with van der Waals surface area (Å²) < 4.78 is 23.2. The highest BCUT2D eigenvalue weighted by Crippen LogP contribution is 1.81. The van der Waals surface area contributed by atoms with E-state index in [9.17, 15) is 13.2 Å². The number of carbonyl (C=O) groups is 1. The molecule has 0 radical (unpaired) electrons. The van der Waals surface area contributed by atoms with Crippen LogP contribution in [0.1, 0.15) is 6.92 Å². The highest BCUT2D eigenvalue weighted by molar-refractivity contribution is 7.90. The van der Waals surface area contributed by atoms with Gasteiger partial charge in [-0.3, -0.25) is 9.52 Å². The average Bonchev–Trinajstić information content (AvgIpc) is 2.00. The minimum Gasteiger partial charge on any atom is -0.387 e. The zero-order chi connectivity index (χ0) is 9.61. The van der Waals surface area contributed by atoms with Crippen LogP contribution in [0.4, 0.5) is 0 Å². The molecule has 2 N–H and O–H groups in total. The zero-order valence-electron chi connectivity index (χ0n) is 6.49. The molecule has 68 valence electrons. The van der Waals surface area contributed by atoms with Crippen LogP contribution >= 0.6 is 0 Å². The Bertz CT molecular complexity index is 308. The molecule has 6 heteroatoms. The van der Waals surface area contributed by atoms with Crippen LogP contribution in [-0.2, 0) is 14.8 Å². The minimum absolute atomic E-state index is 0.435. The first-order chi connectivity index (χ1) is 5.52. The van der Waals surface area contributed by atoms with Gasteiger partial charge in [0.2, 0.25) is 10.0 Å². The maximum Gasteiger partial charge on any atom is 0.259 e. The van der Waals surface area contributed by atoms with Gasteiger partial charge in [0.1, 0.15) is 12.4 Å². The number of aliphatic hydroxyl groups is 1. The third-order valence-corrected chi connectivity index (χ3v) is 1.91. The van der Waals surface area contributed by atoms with E-state index in [0.29, 0.717) is 0 Å². The molecule has 0 bridgehead atoms. The topological polar surface area (TPSA) is 83.5 Å². The number of rotatable bonds is 3. The molecule has 0 aromatic carbocycles. The summed E-state index contributed by atoms with van der Waals surface area (Å²) in [5, 5.41) is 8.21. The van der Waals surface area contributed by atoms with Gasteiger partial charge in [-0.25, -0.2) is 8.42 Å². The molecule has 0 rings (SSSR count). The molecule has 0 heterocycles. The van der Waals surface area contributed by atoms with Gasteiger partial charge in [0.15, 0.2) is 0 Å². The van der Waals surface area contributed by atoms with Gasteiger partial charge < -0.3 is 5.11 Å². The fourth-order valence-electron chi connectivity index (χ4n) is 0.409. The largest absolute Gasteiger partial charge is 0.387 e. The van der Waals surface area contributed by atoms with Gasteiger partial charge in [0.05, 0.1) is 0 Å². The molecule has 0 aromatic heterocycles. The van der Waals surface area contributed by atoms with Crippen LogP contribution in [0.25, 0.3) is 0 Å². The predicted molar refractivity (Wildman–Crippen MR) is 42.5 cm³/mol. The highest BCUT2D eigenvalue weighted by atomic mass is 32.2. The molecule has 0 saturated heterocycles. The Morgan fingerprint density at radius 2 is 2.17 bits per heavy atom. The molecule has 0 aliphatic rings. The lowest BCUT2D eigenvalue weighted by Crippen LogP contribution is -2.34. The van der Waals surface area contributed by atoms with Gasteiger partial charge >= 0.3 is 0 Å². The maximum atomic E-state index is 10.8. The Morgan fingerprint density at radius 3 is 2.58 bits per heavy atom. The van der Waals surface area contributed by atoms with Crippen LogP contribution < -0.4 is 4.72 Å². The third-order valence-electron chi connectivity index (χ3n) is 0.852. The van der Waals surface area contributed by atoms with Crippen molar-refractivity contribution in [2.45, 2.75) is 6.92 Å². The van der Waals surface area contributed by atoms with E-state index in [0.717, 1.165) is 0 Å². The fourth-order valence-corrected chi connectivity index (χ4v) is 1.23. The molecule has 0 fully saturated rings. The van der Waals surface area contributed by atoms with Crippen LogP contribution in [0.5, 0.6) is 0 Å². The van der Waals surface area contributed by atoms with E-state index >= 15 is 0 Å². The number of hydrogen-bond donors (Lipinski definition) is 2. The molecule has 12 heavy (non-hydrogen) atoms. The predicted octanol–water partition coefficient (Wildman–Crippen LogP) is -1.55. The van der Waals surface area contributed by atoms with Crippen molar-refractivity contribution in [1.82, 2.24) is 4.72 Å². The van der Waals surface area contributed by atoms with Crippen LogP contribution in [0.2, 0.25) is 0 Å². The van der Waals surface area contributed by atoms with E-state index in [1.54, 1.807) is 4.72 Å². The third kappa shape index (κ3) is 4.71. The second-order valence-electron chi connectivity index (χ2n) is 1.87. The van der Waals surface area contributed by atoms with Gasteiger partial charge in [0, 0.05) is 0 Å². The van der Waals surface area contributed by atoms with Gasteiger partial charge in [-0.1, -0.05) is 5.92 Å². The summed E-state index contributed by atoms with van der Waals surface area (Å²) in [4.78, 5) is 10.4. The molecular weight excluding hydrogens is 182 g/mol. The summed E-state index contributed by atoms with van der Waals surface area (Å²) in [6, 6.07) is 0. The van der Waals surface area contributed by atoms with Gasteiger partial charge in [-0.15, -0.1) is 5.92 Å². The summed E-state index contributed by atoms with van der Waals surface area (Å²) >= 11 is 0. The fraction of sp³-hybridized carbons (Fsp3) is 0.500. The number of sulfonamides is 1.